The molecule has 3 aliphatic rings. The minimum Gasteiger partial charge on any atom is -0.465 e. The third kappa shape index (κ3) is 5.90. The van der Waals surface area contributed by atoms with Crippen LogP contribution in [0.15, 0.2) is 25.3 Å². The first-order chi connectivity index (χ1) is 18.7. The molecule has 3 rings (SSSR count). The standard InChI is InChI=1S/C32H52N2O5S/c1-10-13-14-15-17-39-29(38)24-23-18-21(4)32(40-23)25(24)27(36)34(22(12-3)19-35)26(32)28(37)33(16-11-2)31(8,9)20-30(5,6)7/h10-11,21-26,35H,1-2,12-20H2,3-9H3/t21?,22-,23+,24-,25-,26?,32?/m0/s1. The van der Waals surface area contributed by atoms with Crippen molar-refractivity contribution >= 4 is 29.5 Å². The van der Waals surface area contributed by atoms with Crippen LogP contribution >= 0.6 is 11.8 Å². The van der Waals surface area contributed by atoms with Gasteiger partial charge in [0.25, 0.3) is 0 Å². The Morgan fingerprint density at radius 3 is 2.45 bits per heavy atom. The Kier molecular flexibility index (Phi) is 10.3. The summed E-state index contributed by atoms with van der Waals surface area (Å²) in [6.45, 7) is 22.8. The fourth-order valence-corrected chi connectivity index (χ4v) is 10.2. The van der Waals surface area contributed by atoms with E-state index in [-0.39, 0.29) is 41.0 Å². The van der Waals surface area contributed by atoms with Gasteiger partial charge < -0.3 is 19.6 Å². The Bertz CT molecular complexity index is 971. The average molecular weight is 577 g/mol. The molecule has 226 valence electrons. The number of thioether (sulfide) groups is 1. The molecule has 0 saturated carbocycles. The summed E-state index contributed by atoms with van der Waals surface area (Å²) in [5.74, 6) is -1.81. The van der Waals surface area contributed by atoms with Gasteiger partial charge in [-0.05, 0) is 63.7 Å². The van der Waals surface area contributed by atoms with Gasteiger partial charge in [-0.3, -0.25) is 14.4 Å². The summed E-state index contributed by atoms with van der Waals surface area (Å²) in [6.07, 6.45) is 8.15. The van der Waals surface area contributed by atoms with Crippen LogP contribution in [0.4, 0.5) is 0 Å². The number of nitrogens with zero attached hydrogens (tertiary/aromatic N) is 2. The summed E-state index contributed by atoms with van der Waals surface area (Å²) in [6, 6.07) is -1.27. The number of esters is 1. The van der Waals surface area contributed by atoms with Crippen LogP contribution in [0.3, 0.4) is 0 Å². The summed E-state index contributed by atoms with van der Waals surface area (Å²) < 4.78 is 4.99. The summed E-state index contributed by atoms with van der Waals surface area (Å²) in [5, 5.41) is 10.3. The number of amides is 2. The smallest absolute Gasteiger partial charge is 0.310 e. The SMILES string of the molecule is C=CCCCCOC(=O)[C@@H]1[C@H]2C(=O)N([C@@H](CC)CO)C(C(=O)N(CC=C)C(C)(C)CC(C)(C)C)C23S[C@@H]1CC3C. The monoisotopic (exact) mass is 576 g/mol. The van der Waals surface area contributed by atoms with Gasteiger partial charge >= 0.3 is 5.97 Å². The maximum atomic E-state index is 14.8. The number of ether oxygens (including phenoxy) is 1. The number of aliphatic hydroxyl groups is 1. The van der Waals surface area contributed by atoms with E-state index in [0.29, 0.717) is 19.6 Å². The minimum atomic E-state index is -0.767. The molecule has 7 nitrogen and oxygen atoms in total. The van der Waals surface area contributed by atoms with Crippen LogP contribution in [0.25, 0.3) is 0 Å². The van der Waals surface area contributed by atoms with Crippen LogP contribution in [0.5, 0.6) is 0 Å². The van der Waals surface area contributed by atoms with Gasteiger partial charge in [-0.1, -0.05) is 46.8 Å². The lowest BCUT2D eigenvalue weighted by atomic mass is 9.66. The zero-order chi connectivity index (χ0) is 30.0. The zero-order valence-corrected chi connectivity index (χ0v) is 26.6. The van der Waals surface area contributed by atoms with Crippen LogP contribution in [0.2, 0.25) is 0 Å². The maximum absolute atomic E-state index is 14.8. The van der Waals surface area contributed by atoms with Crippen LogP contribution in [0, 0.1) is 23.2 Å². The van der Waals surface area contributed by atoms with E-state index in [2.05, 4.69) is 54.7 Å². The van der Waals surface area contributed by atoms with Crippen LogP contribution < -0.4 is 0 Å². The van der Waals surface area contributed by atoms with Gasteiger partial charge in [0.15, 0.2) is 0 Å². The highest BCUT2D eigenvalue weighted by Crippen LogP contribution is 2.69. The normalized spacial score (nSPS) is 30.2. The second-order valence-electron chi connectivity index (χ2n) is 13.8. The molecule has 0 aromatic heterocycles. The lowest BCUT2D eigenvalue weighted by molar-refractivity contribution is -0.155. The van der Waals surface area contributed by atoms with Crippen molar-refractivity contribution in [3.63, 3.8) is 0 Å². The number of carbonyl (C=O) groups is 3. The molecule has 40 heavy (non-hydrogen) atoms. The molecule has 0 aromatic carbocycles. The van der Waals surface area contributed by atoms with Crippen LogP contribution in [-0.4, -0.2) is 80.1 Å². The lowest BCUT2D eigenvalue weighted by Gasteiger charge is -2.47. The van der Waals surface area contributed by atoms with Crippen molar-refractivity contribution in [1.82, 2.24) is 9.80 Å². The molecule has 1 N–H and O–H groups in total. The Morgan fingerprint density at radius 2 is 1.90 bits per heavy atom. The molecule has 3 aliphatic heterocycles. The zero-order valence-electron chi connectivity index (χ0n) is 25.8. The molecule has 8 heteroatoms. The molecular weight excluding hydrogens is 524 g/mol. The number of carbonyl (C=O) groups excluding carboxylic acids is 3. The molecule has 3 saturated heterocycles. The number of aliphatic hydroxyl groups excluding tert-OH is 1. The first kappa shape index (κ1) is 32.7. The second kappa shape index (κ2) is 12.6. The molecule has 0 aliphatic carbocycles. The number of unbranched alkanes of at least 4 members (excludes halogenated alkanes) is 2. The van der Waals surface area contributed by atoms with E-state index in [0.717, 1.165) is 32.1 Å². The predicted molar refractivity (Wildman–Crippen MR) is 162 cm³/mol. The van der Waals surface area contributed by atoms with Crippen molar-refractivity contribution in [2.75, 3.05) is 19.8 Å². The first-order valence-corrected chi connectivity index (χ1v) is 15.9. The molecule has 2 amide bonds. The number of hydrogen-bond donors (Lipinski definition) is 1. The van der Waals surface area contributed by atoms with Gasteiger partial charge in [-0.25, -0.2) is 0 Å². The van der Waals surface area contributed by atoms with E-state index in [9.17, 15) is 19.5 Å². The van der Waals surface area contributed by atoms with Crippen molar-refractivity contribution in [2.45, 2.75) is 115 Å². The summed E-state index contributed by atoms with van der Waals surface area (Å²) >= 11 is 1.65. The van der Waals surface area contributed by atoms with E-state index in [1.807, 2.05) is 17.9 Å². The molecule has 2 bridgehead atoms. The van der Waals surface area contributed by atoms with Gasteiger partial charge in [0.1, 0.15) is 6.04 Å². The van der Waals surface area contributed by atoms with E-state index < -0.39 is 34.2 Å². The highest BCUT2D eigenvalue weighted by molar-refractivity contribution is 8.02. The van der Waals surface area contributed by atoms with E-state index in [1.165, 1.54) is 0 Å². The number of rotatable bonds is 14. The maximum Gasteiger partial charge on any atom is 0.310 e. The molecule has 3 unspecified atom stereocenters. The van der Waals surface area contributed by atoms with E-state index in [1.54, 1.807) is 22.7 Å². The summed E-state index contributed by atoms with van der Waals surface area (Å²) in [7, 11) is 0. The average Bonchev–Trinajstić information content (AvgIpc) is 3.45. The van der Waals surface area contributed by atoms with E-state index in [4.69, 9.17) is 4.74 Å². The van der Waals surface area contributed by atoms with Gasteiger partial charge in [-0.2, -0.15) is 0 Å². The fourth-order valence-electron chi connectivity index (χ4n) is 7.78. The highest BCUT2D eigenvalue weighted by Gasteiger charge is 2.77. The van der Waals surface area contributed by atoms with Gasteiger partial charge in [0.05, 0.1) is 35.8 Å². The third-order valence-corrected chi connectivity index (χ3v) is 11.2. The molecule has 1 spiro atoms. The Hall–Kier alpha value is -1.80. The Balaban J connectivity index is 2.05. The fraction of sp³-hybridized carbons (Fsp3) is 0.781. The number of allylic oxidation sites excluding steroid dienone is 1. The molecule has 7 atom stereocenters. The quantitative estimate of drug-likeness (QED) is 0.173. The van der Waals surface area contributed by atoms with Gasteiger partial charge in [-0.15, -0.1) is 24.9 Å². The van der Waals surface area contributed by atoms with Gasteiger partial charge in [0, 0.05) is 17.3 Å². The van der Waals surface area contributed by atoms with Crippen molar-refractivity contribution in [3.8, 4) is 0 Å². The number of hydrogen-bond acceptors (Lipinski definition) is 6. The summed E-state index contributed by atoms with van der Waals surface area (Å²) in [4.78, 5) is 46.3. The first-order valence-electron chi connectivity index (χ1n) is 15.0. The molecule has 0 aromatic rings. The van der Waals surface area contributed by atoms with Crippen LogP contribution in [-0.2, 0) is 19.1 Å². The predicted octanol–water partition coefficient (Wildman–Crippen LogP) is 5.22. The second-order valence-corrected chi connectivity index (χ2v) is 15.3. The molecule has 3 heterocycles. The number of likely N-dealkylation sites (tertiary alicyclic amines) is 1. The van der Waals surface area contributed by atoms with Crippen molar-refractivity contribution in [2.24, 2.45) is 23.2 Å². The highest BCUT2D eigenvalue weighted by atomic mass is 32.2. The summed E-state index contributed by atoms with van der Waals surface area (Å²) in [5.41, 5.74) is -0.525. The lowest BCUT2D eigenvalue weighted by Crippen LogP contribution is -2.62. The van der Waals surface area contributed by atoms with Crippen molar-refractivity contribution in [3.05, 3.63) is 25.3 Å². The van der Waals surface area contributed by atoms with E-state index >= 15 is 0 Å². The van der Waals surface area contributed by atoms with Crippen molar-refractivity contribution < 1.29 is 24.2 Å². The minimum absolute atomic E-state index is 0.0271. The Morgan fingerprint density at radius 1 is 1.23 bits per heavy atom. The topological polar surface area (TPSA) is 87.1 Å². The Labute approximate surface area is 246 Å². The molecule has 0 radical (unpaired) electrons. The molecule has 3 fully saturated rings. The molecular formula is C32H52N2O5S. The van der Waals surface area contributed by atoms with Crippen molar-refractivity contribution in [1.29, 1.82) is 0 Å². The number of fused-ring (bicyclic) bond motifs is 1. The largest absolute Gasteiger partial charge is 0.465 e. The van der Waals surface area contributed by atoms with Gasteiger partial charge in [0.2, 0.25) is 11.8 Å². The van der Waals surface area contributed by atoms with Crippen LogP contribution in [0.1, 0.15) is 87.0 Å². The third-order valence-electron chi connectivity index (χ3n) is 9.08.